The van der Waals surface area contributed by atoms with E-state index in [-0.39, 0.29) is 11.5 Å². The highest BCUT2D eigenvalue weighted by molar-refractivity contribution is 6.08. The number of halogens is 1. The van der Waals surface area contributed by atoms with Gasteiger partial charge < -0.3 is 4.74 Å². The molecular formula is C19H13FO2. The summed E-state index contributed by atoms with van der Waals surface area (Å²) in [5.41, 5.74) is 1.19. The Hall–Kier alpha value is -2.94. The number of carbonyl (C=O) groups is 1. The molecule has 0 amide bonds. The maximum absolute atomic E-state index is 13.5. The maximum atomic E-state index is 13.5. The van der Waals surface area contributed by atoms with Crippen molar-refractivity contribution in [3.05, 3.63) is 95.8 Å². The number of ether oxygens (including phenoxy) is 1. The Morgan fingerprint density at radius 1 is 0.727 bits per heavy atom. The zero-order chi connectivity index (χ0) is 15.4. The van der Waals surface area contributed by atoms with Gasteiger partial charge in [0.1, 0.15) is 5.75 Å². The van der Waals surface area contributed by atoms with Crippen LogP contribution in [0.2, 0.25) is 0 Å². The normalized spacial score (nSPS) is 10.2. The van der Waals surface area contributed by atoms with Crippen molar-refractivity contribution in [2.75, 3.05) is 0 Å². The summed E-state index contributed by atoms with van der Waals surface area (Å²) in [4.78, 5) is 12.3. The van der Waals surface area contributed by atoms with Gasteiger partial charge in [-0.05, 0) is 36.4 Å². The van der Waals surface area contributed by atoms with Crippen LogP contribution >= 0.6 is 0 Å². The first-order chi connectivity index (χ1) is 10.7. The van der Waals surface area contributed by atoms with Gasteiger partial charge >= 0.3 is 0 Å². The molecule has 0 aromatic heterocycles. The van der Waals surface area contributed by atoms with E-state index in [2.05, 4.69) is 0 Å². The summed E-state index contributed by atoms with van der Waals surface area (Å²) in [6, 6.07) is 21.9. The van der Waals surface area contributed by atoms with Crippen molar-refractivity contribution in [1.29, 1.82) is 0 Å². The number of benzene rings is 3. The first kappa shape index (κ1) is 14.0. The van der Waals surface area contributed by atoms with Crippen LogP contribution in [-0.2, 0) is 0 Å². The number of ketones is 1. The van der Waals surface area contributed by atoms with Crippen molar-refractivity contribution < 1.29 is 13.9 Å². The second kappa shape index (κ2) is 6.22. The van der Waals surface area contributed by atoms with Gasteiger partial charge in [-0.15, -0.1) is 0 Å². The van der Waals surface area contributed by atoms with E-state index in [0.717, 1.165) is 0 Å². The van der Waals surface area contributed by atoms with Gasteiger partial charge in [0, 0.05) is 11.1 Å². The van der Waals surface area contributed by atoms with Crippen molar-refractivity contribution in [1.82, 2.24) is 0 Å². The first-order valence-electron chi connectivity index (χ1n) is 6.86. The van der Waals surface area contributed by atoms with Gasteiger partial charge in [0.15, 0.2) is 17.3 Å². The highest BCUT2D eigenvalue weighted by Crippen LogP contribution is 2.24. The molecule has 0 fully saturated rings. The fourth-order valence-corrected chi connectivity index (χ4v) is 2.09. The maximum Gasteiger partial charge on any atom is 0.193 e. The molecule has 3 heteroatoms. The molecule has 3 aromatic rings. The molecule has 0 saturated carbocycles. The molecule has 108 valence electrons. The SMILES string of the molecule is O=C(c1ccccc1)c1ccc(Oc2ccccc2F)cc1. The van der Waals surface area contributed by atoms with Crippen LogP contribution in [0.5, 0.6) is 11.5 Å². The zero-order valence-electron chi connectivity index (χ0n) is 11.7. The number of rotatable bonds is 4. The standard InChI is InChI=1S/C19H13FO2/c20-17-8-4-5-9-18(17)22-16-12-10-15(11-13-16)19(21)14-6-2-1-3-7-14/h1-13H. The lowest BCUT2D eigenvalue weighted by Crippen LogP contribution is -2.00. The van der Waals surface area contributed by atoms with Crippen molar-refractivity contribution in [3.63, 3.8) is 0 Å². The zero-order valence-corrected chi connectivity index (χ0v) is 11.7. The molecule has 0 radical (unpaired) electrons. The lowest BCUT2D eigenvalue weighted by Gasteiger charge is -2.07. The Kier molecular flexibility index (Phi) is 3.97. The fraction of sp³-hybridized carbons (Fsp3) is 0. The molecule has 0 aliphatic carbocycles. The van der Waals surface area contributed by atoms with E-state index in [4.69, 9.17) is 4.74 Å². The third-order valence-electron chi connectivity index (χ3n) is 3.22. The minimum absolute atomic E-state index is 0.0574. The molecule has 0 atom stereocenters. The number of hydrogen-bond donors (Lipinski definition) is 0. The highest BCUT2D eigenvalue weighted by atomic mass is 19.1. The van der Waals surface area contributed by atoms with Crippen molar-refractivity contribution in [2.45, 2.75) is 0 Å². The predicted molar refractivity (Wildman–Crippen MR) is 82.8 cm³/mol. The van der Waals surface area contributed by atoms with E-state index < -0.39 is 5.82 Å². The molecule has 0 heterocycles. The van der Waals surface area contributed by atoms with E-state index in [9.17, 15) is 9.18 Å². The lowest BCUT2D eigenvalue weighted by molar-refractivity contribution is 0.103. The third kappa shape index (κ3) is 3.04. The van der Waals surface area contributed by atoms with E-state index >= 15 is 0 Å². The molecule has 3 aromatic carbocycles. The molecule has 3 rings (SSSR count). The lowest BCUT2D eigenvalue weighted by atomic mass is 10.0. The molecule has 0 N–H and O–H groups in total. The number of carbonyl (C=O) groups excluding carboxylic acids is 1. The number of para-hydroxylation sites is 1. The Morgan fingerprint density at radius 3 is 2.00 bits per heavy atom. The van der Waals surface area contributed by atoms with E-state index in [1.165, 1.54) is 6.07 Å². The smallest absolute Gasteiger partial charge is 0.193 e. The molecule has 0 aliphatic heterocycles. The molecule has 2 nitrogen and oxygen atoms in total. The third-order valence-corrected chi connectivity index (χ3v) is 3.22. The van der Waals surface area contributed by atoms with Gasteiger partial charge in [-0.3, -0.25) is 4.79 Å². The monoisotopic (exact) mass is 292 g/mol. The average molecular weight is 292 g/mol. The average Bonchev–Trinajstić information content (AvgIpc) is 2.58. The summed E-state index contributed by atoms with van der Waals surface area (Å²) in [5, 5.41) is 0. The Bertz CT molecular complexity index is 780. The minimum Gasteiger partial charge on any atom is -0.454 e. The van der Waals surface area contributed by atoms with Crippen LogP contribution in [0.25, 0.3) is 0 Å². The first-order valence-corrected chi connectivity index (χ1v) is 6.86. The van der Waals surface area contributed by atoms with Crippen molar-refractivity contribution in [2.24, 2.45) is 0 Å². The second-order valence-electron chi connectivity index (χ2n) is 4.75. The fourth-order valence-electron chi connectivity index (χ4n) is 2.09. The quantitative estimate of drug-likeness (QED) is 0.643. The Balaban J connectivity index is 1.79. The van der Waals surface area contributed by atoms with E-state index in [1.54, 1.807) is 54.6 Å². The van der Waals surface area contributed by atoms with Crippen LogP contribution in [-0.4, -0.2) is 5.78 Å². The Labute approximate surface area is 127 Å². The summed E-state index contributed by atoms with van der Waals surface area (Å²) in [7, 11) is 0. The summed E-state index contributed by atoms with van der Waals surface area (Å²) < 4.78 is 19.0. The number of hydrogen-bond acceptors (Lipinski definition) is 2. The van der Waals surface area contributed by atoms with Gasteiger partial charge in [-0.1, -0.05) is 42.5 Å². The van der Waals surface area contributed by atoms with E-state index in [0.29, 0.717) is 16.9 Å². The summed E-state index contributed by atoms with van der Waals surface area (Å²) in [6.07, 6.45) is 0. The molecule has 0 spiro atoms. The molecule has 0 aliphatic rings. The summed E-state index contributed by atoms with van der Waals surface area (Å²) in [6.45, 7) is 0. The summed E-state index contributed by atoms with van der Waals surface area (Å²) in [5.74, 6) is 0.157. The van der Waals surface area contributed by atoms with Gasteiger partial charge in [0.05, 0.1) is 0 Å². The van der Waals surface area contributed by atoms with Gasteiger partial charge in [0.2, 0.25) is 0 Å². The largest absolute Gasteiger partial charge is 0.454 e. The summed E-state index contributed by atoms with van der Waals surface area (Å²) >= 11 is 0. The van der Waals surface area contributed by atoms with E-state index in [1.807, 2.05) is 18.2 Å². The molecule has 22 heavy (non-hydrogen) atoms. The van der Waals surface area contributed by atoms with Gasteiger partial charge in [-0.25, -0.2) is 4.39 Å². The van der Waals surface area contributed by atoms with Gasteiger partial charge in [-0.2, -0.15) is 0 Å². The van der Waals surface area contributed by atoms with Gasteiger partial charge in [0.25, 0.3) is 0 Å². The van der Waals surface area contributed by atoms with Crippen LogP contribution < -0.4 is 4.74 Å². The predicted octanol–water partition coefficient (Wildman–Crippen LogP) is 4.85. The minimum atomic E-state index is -0.424. The molecular weight excluding hydrogens is 279 g/mol. The van der Waals surface area contributed by atoms with Crippen molar-refractivity contribution >= 4 is 5.78 Å². The van der Waals surface area contributed by atoms with Crippen molar-refractivity contribution in [3.8, 4) is 11.5 Å². The second-order valence-corrected chi connectivity index (χ2v) is 4.75. The van der Waals surface area contributed by atoms with Crippen LogP contribution in [0.3, 0.4) is 0 Å². The highest BCUT2D eigenvalue weighted by Gasteiger charge is 2.09. The molecule has 0 bridgehead atoms. The molecule has 0 saturated heterocycles. The van der Waals surface area contributed by atoms with Crippen LogP contribution in [0.4, 0.5) is 4.39 Å². The molecule has 0 unspecified atom stereocenters. The van der Waals surface area contributed by atoms with Crippen LogP contribution in [0.1, 0.15) is 15.9 Å². The van der Waals surface area contributed by atoms with Crippen LogP contribution in [0.15, 0.2) is 78.9 Å². The van der Waals surface area contributed by atoms with Crippen LogP contribution in [0, 0.1) is 5.82 Å². The Morgan fingerprint density at radius 2 is 1.32 bits per heavy atom. The topological polar surface area (TPSA) is 26.3 Å².